The SMILES string of the molecule is O=C(O)c1ccc(SC(Cn2ccnc2)c2cccs2)cc1.[H-].[Na+]. The molecule has 0 spiro atoms. The minimum absolute atomic E-state index is 0. The van der Waals surface area contributed by atoms with Gasteiger partial charge in [-0.2, -0.15) is 0 Å². The summed E-state index contributed by atoms with van der Waals surface area (Å²) in [6, 6.07) is 11.2. The van der Waals surface area contributed by atoms with E-state index < -0.39 is 5.97 Å². The maximum atomic E-state index is 10.9. The number of rotatable bonds is 6. The van der Waals surface area contributed by atoms with Crippen LogP contribution in [-0.4, -0.2) is 20.6 Å². The van der Waals surface area contributed by atoms with Crippen LogP contribution in [0.3, 0.4) is 0 Å². The van der Waals surface area contributed by atoms with Gasteiger partial charge in [-0.1, -0.05) is 6.07 Å². The first-order valence-electron chi connectivity index (χ1n) is 6.71. The average molecular weight is 354 g/mol. The minimum atomic E-state index is -0.898. The summed E-state index contributed by atoms with van der Waals surface area (Å²) in [6.07, 6.45) is 5.54. The molecule has 0 bridgehead atoms. The summed E-state index contributed by atoms with van der Waals surface area (Å²) in [7, 11) is 0. The molecule has 114 valence electrons. The topological polar surface area (TPSA) is 55.1 Å². The molecule has 0 amide bonds. The fourth-order valence-corrected chi connectivity index (χ4v) is 4.16. The van der Waals surface area contributed by atoms with Crippen molar-refractivity contribution in [2.45, 2.75) is 16.7 Å². The van der Waals surface area contributed by atoms with E-state index in [1.165, 1.54) is 4.88 Å². The molecule has 3 rings (SSSR count). The van der Waals surface area contributed by atoms with Crippen molar-refractivity contribution in [3.05, 3.63) is 70.9 Å². The summed E-state index contributed by atoms with van der Waals surface area (Å²) in [4.78, 5) is 17.4. The second kappa shape index (κ2) is 8.70. The van der Waals surface area contributed by atoms with Crippen molar-refractivity contribution in [3.63, 3.8) is 0 Å². The molecule has 0 saturated heterocycles. The third-order valence-electron chi connectivity index (χ3n) is 3.18. The Hall–Kier alpha value is -1.05. The first-order chi connectivity index (χ1) is 10.7. The first kappa shape index (κ1) is 18.3. The Balaban J connectivity index is 0.00000144. The number of hydrogen-bond donors (Lipinski definition) is 1. The van der Waals surface area contributed by atoms with Crippen molar-refractivity contribution in [1.82, 2.24) is 9.55 Å². The second-order valence-electron chi connectivity index (χ2n) is 4.71. The maximum absolute atomic E-state index is 10.9. The van der Waals surface area contributed by atoms with E-state index in [4.69, 9.17) is 5.11 Å². The van der Waals surface area contributed by atoms with Gasteiger partial charge in [0.05, 0.1) is 17.1 Å². The summed E-state index contributed by atoms with van der Waals surface area (Å²) in [6.45, 7) is 0.825. The zero-order valence-electron chi connectivity index (χ0n) is 13.6. The number of carboxylic acids is 1. The number of aromatic carboxylic acids is 1. The van der Waals surface area contributed by atoms with Gasteiger partial charge in [0.2, 0.25) is 0 Å². The number of aromatic nitrogens is 2. The number of carboxylic acid groups (broad SMARTS) is 1. The van der Waals surface area contributed by atoms with E-state index in [1.807, 2.05) is 24.7 Å². The van der Waals surface area contributed by atoms with Gasteiger partial charge in [-0.15, -0.1) is 23.1 Å². The van der Waals surface area contributed by atoms with Crippen LogP contribution in [0.4, 0.5) is 0 Å². The molecule has 2 heterocycles. The van der Waals surface area contributed by atoms with Crippen molar-refractivity contribution < 1.29 is 40.9 Å². The number of nitrogens with zero attached hydrogens (tertiary/aromatic N) is 2. The van der Waals surface area contributed by atoms with Gasteiger partial charge in [0.1, 0.15) is 0 Å². The smallest absolute Gasteiger partial charge is 1.00 e. The molecule has 0 radical (unpaired) electrons. The Bertz CT molecular complexity index is 734. The molecular weight excluding hydrogens is 339 g/mol. The molecule has 1 unspecified atom stereocenters. The van der Waals surface area contributed by atoms with Crippen LogP contribution in [0.5, 0.6) is 0 Å². The summed E-state index contributed by atoms with van der Waals surface area (Å²) in [5, 5.41) is 11.3. The molecule has 3 aromatic rings. The van der Waals surface area contributed by atoms with Crippen molar-refractivity contribution in [2.75, 3.05) is 0 Å². The quantitative estimate of drug-likeness (QED) is 0.535. The molecule has 2 aromatic heterocycles. The Morgan fingerprint density at radius 2 is 2.13 bits per heavy atom. The molecule has 0 saturated carbocycles. The van der Waals surface area contributed by atoms with E-state index in [2.05, 4.69) is 27.1 Å². The summed E-state index contributed by atoms with van der Waals surface area (Å²) < 4.78 is 2.06. The average Bonchev–Trinajstić information content (AvgIpc) is 3.20. The minimum Gasteiger partial charge on any atom is -1.00 e. The van der Waals surface area contributed by atoms with Crippen molar-refractivity contribution >= 4 is 29.1 Å². The van der Waals surface area contributed by atoms with Gasteiger partial charge in [-0.25, -0.2) is 9.78 Å². The van der Waals surface area contributed by atoms with Crippen LogP contribution in [0.15, 0.2) is 65.4 Å². The number of imidazole rings is 1. The first-order valence-corrected chi connectivity index (χ1v) is 8.47. The predicted octanol–water partition coefficient (Wildman–Crippen LogP) is 1.29. The zero-order chi connectivity index (χ0) is 15.4. The molecule has 1 aromatic carbocycles. The molecular formula is C16H15N2NaO2S2. The summed E-state index contributed by atoms with van der Waals surface area (Å²) in [5.41, 5.74) is 0.312. The molecule has 0 fully saturated rings. The van der Waals surface area contributed by atoms with E-state index in [9.17, 15) is 4.79 Å². The van der Waals surface area contributed by atoms with Gasteiger partial charge in [-0.05, 0) is 35.7 Å². The standard InChI is InChI=1S/C16H14N2O2S2.Na.H/c19-16(20)12-3-5-13(6-4-12)22-15(14-2-1-9-21-14)10-18-8-7-17-11-18;;/h1-9,11,15H,10H2,(H,19,20);;/q;+1;-1. The molecule has 0 aliphatic carbocycles. The van der Waals surface area contributed by atoms with Crippen LogP contribution in [0.25, 0.3) is 0 Å². The molecule has 4 nitrogen and oxygen atoms in total. The Labute approximate surface area is 166 Å². The third kappa shape index (κ3) is 4.96. The van der Waals surface area contributed by atoms with Gasteiger partial charge < -0.3 is 11.1 Å². The van der Waals surface area contributed by atoms with Gasteiger partial charge in [0.25, 0.3) is 0 Å². The largest absolute Gasteiger partial charge is 1.00 e. The van der Waals surface area contributed by atoms with E-state index in [1.54, 1.807) is 41.4 Å². The number of benzene rings is 1. The number of thioether (sulfide) groups is 1. The van der Waals surface area contributed by atoms with Crippen molar-refractivity contribution in [1.29, 1.82) is 0 Å². The van der Waals surface area contributed by atoms with Crippen molar-refractivity contribution in [2.24, 2.45) is 0 Å². The molecule has 7 heteroatoms. The van der Waals surface area contributed by atoms with Crippen LogP contribution >= 0.6 is 23.1 Å². The number of thiophene rings is 1. The Morgan fingerprint density at radius 1 is 1.35 bits per heavy atom. The summed E-state index contributed by atoms with van der Waals surface area (Å²) in [5.74, 6) is -0.898. The molecule has 1 N–H and O–H groups in total. The van der Waals surface area contributed by atoms with E-state index >= 15 is 0 Å². The fourth-order valence-electron chi connectivity index (χ4n) is 2.09. The molecule has 23 heavy (non-hydrogen) atoms. The van der Waals surface area contributed by atoms with Gasteiger partial charge >= 0.3 is 35.5 Å². The molecule has 0 aliphatic rings. The van der Waals surface area contributed by atoms with Gasteiger partial charge in [0, 0.05) is 28.7 Å². The predicted molar refractivity (Wildman–Crippen MR) is 89.7 cm³/mol. The van der Waals surface area contributed by atoms with Crippen LogP contribution in [-0.2, 0) is 6.54 Å². The van der Waals surface area contributed by atoms with Gasteiger partial charge in [-0.3, -0.25) is 0 Å². The number of hydrogen-bond acceptors (Lipinski definition) is 4. The maximum Gasteiger partial charge on any atom is 1.00 e. The fraction of sp³-hybridized carbons (Fsp3) is 0.125. The van der Waals surface area contributed by atoms with Crippen molar-refractivity contribution in [3.8, 4) is 0 Å². The monoisotopic (exact) mass is 354 g/mol. The Morgan fingerprint density at radius 3 is 2.70 bits per heavy atom. The molecule has 1 atom stereocenters. The molecule has 0 aliphatic heterocycles. The third-order valence-corrected chi connectivity index (χ3v) is 5.54. The van der Waals surface area contributed by atoms with Gasteiger partial charge in [0.15, 0.2) is 0 Å². The van der Waals surface area contributed by atoms with E-state index in [0.29, 0.717) is 5.56 Å². The van der Waals surface area contributed by atoms with Crippen LogP contribution < -0.4 is 29.6 Å². The van der Waals surface area contributed by atoms with Crippen LogP contribution in [0.1, 0.15) is 21.9 Å². The normalized spacial score (nSPS) is 11.7. The zero-order valence-corrected chi connectivity index (χ0v) is 16.3. The van der Waals surface area contributed by atoms with E-state index in [0.717, 1.165) is 11.4 Å². The second-order valence-corrected chi connectivity index (χ2v) is 6.97. The Kier molecular flexibility index (Phi) is 6.92. The van der Waals surface area contributed by atoms with E-state index in [-0.39, 0.29) is 36.2 Å². The summed E-state index contributed by atoms with van der Waals surface area (Å²) >= 11 is 3.47. The van der Waals surface area contributed by atoms with Crippen LogP contribution in [0.2, 0.25) is 0 Å². The van der Waals surface area contributed by atoms with Crippen LogP contribution in [0, 0.1) is 0 Å². The number of carbonyl (C=O) groups is 1.